The monoisotopic (exact) mass is 274 g/mol. The highest BCUT2D eigenvalue weighted by molar-refractivity contribution is 8.00. The van der Waals surface area contributed by atoms with Crippen LogP contribution in [0.4, 0.5) is 0 Å². The van der Waals surface area contributed by atoms with Gasteiger partial charge in [-0.25, -0.2) is 4.79 Å². The first kappa shape index (κ1) is 15.0. The number of rotatable bonds is 4. The van der Waals surface area contributed by atoms with Crippen molar-refractivity contribution in [1.29, 1.82) is 0 Å². The maximum atomic E-state index is 11.7. The minimum absolute atomic E-state index is 0.255. The van der Waals surface area contributed by atoms with Crippen LogP contribution in [0.25, 0.3) is 0 Å². The summed E-state index contributed by atoms with van der Waals surface area (Å²) in [6, 6.07) is 0. The molecule has 1 aliphatic carbocycles. The lowest BCUT2D eigenvalue weighted by molar-refractivity contribution is -0.155. The quantitative estimate of drug-likeness (QED) is 0.579. The molecular weight excluding hydrogens is 252 g/mol. The van der Waals surface area contributed by atoms with E-state index in [1.54, 1.807) is 18.7 Å². The predicted octanol–water partition coefficient (Wildman–Crippen LogP) is 3.51. The van der Waals surface area contributed by atoms with Crippen LogP contribution in [0.2, 0.25) is 0 Å². The molecular formula is C13H22O2S2. The van der Waals surface area contributed by atoms with Gasteiger partial charge in [0.25, 0.3) is 0 Å². The SMILES string of the molecule is C=C(C)C(=O)OC1(C)CCC(SC)CC1SC. The Morgan fingerprint density at radius 2 is 2.06 bits per heavy atom. The lowest BCUT2D eigenvalue weighted by atomic mass is 9.85. The van der Waals surface area contributed by atoms with E-state index in [-0.39, 0.29) is 11.6 Å². The molecule has 0 aliphatic heterocycles. The van der Waals surface area contributed by atoms with Crippen LogP contribution >= 0.6 is 23.5 Å². The molecule has 1 fully saturated rings. The molecule has 2 nitrogen and oxygen atoms in total. The van der Waals surface area contributed by atoms with E-state index < -0.39 is 0 Å². The summed E-state index contributed by atoms with van der Waals surface area (Å²) in [4.78, 5) is 11.7. The van der Waals surface area contributed by atoms with E-state index in [2.05, 4.69) is 26.0 Å². The van der Waals surface area contributed by atoms with Crippen molar-refractivity contribution in [3.63, 3.8) is 0 Å². The lowest BCUT2D eigenvalue weighted by Crippen LogP contribution is -2.47. The summed E-state index contributed by atoms with van der Waals surface area (Å²) in [5.74, 6) is -0.255. The molecule has 0 spiro atoms. The zero-order valence-electron chi connectivity index (χ0n) is 11.1. The van der Waals surface area contributed by atoms with Crippen LogP contribution in [0.5, 0.6) is 0 Å². The summed E-state index contributed by atoms with van der Waals surface area (Å²) in [5.41, 5.74) is 0.153. The highest BCUT2D eigenvalue weighted by Gasteiger charge is 2.42. The second kappa shape index (κ2) is 6.19. The molecule has 0 saturated heterocycles. The Hall–Kier alpha value is -0.0900. The Balaban J connectivity index is 2.73. The predicted molar refractivity (Wildman–Crippen MR) is 77.8 cm³/mol. The Bertz CT molecular complexity index is 304. The van der Waals surface area contributed by atoms with Crippen LogP contribution < -0.4 is 0 Å². The molecule has 0 aromatic carbocycles. The highest BCUT2D eigenvalue weighted by atomic mass is 32.2. The van der Waals surface area contributed by atoms with Crippen molar-refractivity contribution in [1.82, 2.24) is 0 Å². The van der Waals surface area contributed by atoms with E-state index >= 15 is 0 Å². The van der Waals surface area contributed by atoms with Crippen molar-refractivity contribution in [2.24, 2.45) is 0 Å². The average molecular weight is 274 g/mol. The summed E-state index contributed by atoms with van der Waals surface area (Å²) in [5, 5.41) is 1.08. The third-order valence-corrected chi connectivity index (χ3v) is 5.77. The van der Waals surface area contributed by atoms with Crippen molar-refractivity contribution in [3.8, 4) is 0 Å². The fraction of sp³-hybridized carbons (Fsp3) is 0.769. The number of hydrogen-bond acceptors (Lipinski definition) is 4. The Kier molecular flexibility index (Phi) is 5.45. The molecule has 0 N–H and O–H groups in total. The molecule has 0 bridgehead atoms. The molecule has 3 unspecified atom stereocenters. The molecule has 0 heterocycles. The zero-order chi connectivity index (χ0) is 13.1. The first-order valence-corrected chi connectivity index (χ1v) is 8.45. The van der Waals surface area contributed by atoms with E-state index in [9.17, 15) is 4.79 Å². The van der Waals surface area contributed by atoms with Gasteiger partial charge in [-0.15, -0.1) is 0 Å². The standard InChI is InChI=1S/C13H22O2S2/c1-9(2)12(14)15-13(3)7-6-10(16-4)8-11(13)17-5/h10-11H,1,6-8H2,2-5H3. The molecule has 3 atom stereocenters. The van der Waals surface area contributed by atoms with Gasteiger partial charge in [0, 0.05) is 16.1 Å². The fourth-order valence-corrected chi connectivity index (χ4v) is 4.14. The van der Waals surface area contributed by atoms with Gasteiger partial charge in [-0.3, -0.25) is 0 Å². The van der Waals surface area contributed by atoms with Gasteiger partial charge in [0.2, 0.25) is 0 Å². The van der Waals surface area contributed by atoms with E-state index in [4.69, 9.17) is 4.74 Å². The minimum Gasteiger partial charge on any atom is -0.455 e. The van der Waals surface area contributed by atoms with Crippen molar-refractivity contribution in [2.45, 2.75) is 49.2 Å². The van der Waals surface area contributed by atoms with Crippen LogP contribution in [0, 0.1) is 0 Å². The van der Waals surface area contributed by atoms with Gasteiger partial charge < -0.3 is 4.74 Å². The van der Waals surface area contributed by atoms with Gasteiger partial charge in [0.05, 0.1) is 0 Å². The summed E-state index contributed by atoms with van der Waals surface area (Å²) >= 11 is 3.72. The molecule has 1 saturated carbocycles. The molecule has 17 heavy (non-hydrogen) atoms. The second-order valence-electron chi connectivity index (χ2n) is 4.84. The van der Waals surface area contributed by atoms with Gasteiger partial charge in [-0.05, 0) is 45.6 Å². The van der Waals surface area contributed by atoms with Crippen LogP contribution in [0.15, 0.2) is 12.2 Å². The third-order valence-electron chi connectivity index (χ3n) is 3.41. The molecule has 98 valence electrons. The van der Waals surface area contributed by atoms with E-state index in [0.717, 1.165) is 19.3 Å². The number of carbonyl (C=O) groups is 1. The Labute approximate surface area is 113 Å². The zero-order valence-corrected chi connectivity index (χ0v) is 12.7. The molecule has 4 heteroatoms. The topological polar surface area (TPSA) is 26.3 Å². The second-order valence-corrected chi connectivity index (χ2v) is 7.02. The lowest BCUT2D eigenvalue weighted by Gasteiger charge is -2.42. The van der Waals surface area contributed by atoms with Crippen molar-refractivity contribution in [3.05, 3.63) is 12.2 Å². The number of thioether (sulfide) groups is 2. The number of hydrogen-bond donors (Lipinski definition) is 0. The van der Waals surface area contributed by atoms with Gasteiger partial charge in [0.15, 0.2) is 0 Å². The van der Waals surface area contributed by atoms with E-state index in [1.807, 2.05) is 11.8 Å². The molecule has 0 aromatic rings. The van der Waals surface area contributed by atoms with Crippen LogP contribution in [-0.2, 0) is 9.53 Å². The molecule has 0 radical (unpaired) electrons. The van der Waals surface area contributed by atoms with Crippen molar-refractivity contribution < 1.29 is 9.53 Å². The maximum absolute atomic E-state index is 11.7. The summed E-state index contributed by atoms with van der Waals surface area (Å²) in [6.07, 6.45) is 7.44. The first-order chi connectivity index (χ1) is 7.92. The fourth-order valence-electron chi connectivity index (χ4n) is 2.19. The largest absolute Gasteiger partial charge is 0.455 e. The van der Waals surface area contributed by atoms with Gasteiger partial charge in [0.1, 0.15) is 5.60 Å². The summed E-state index contributed by atoms with van der Waals surface area (Å²) < 4.78 is 5.67. The smallest absolute Gasteiger partial charge is 0.333 e. The van der Waals surface area contributed by atoms with Gasteiger partial charge in [-0.2, -0.15) is 23.5 Å². The highest BCUT2D eigenvalue weighted by Crippen LogP contribution is 2.41. The summed E-state index contributed by atoms with van der Waals surface area (Å²) in [7, 11) is 0. The molecule has 1 aliphatic rings. The first-order valence-electron chi connectivity index (χ1n) is 5.87. The molecule has 1 rings (SSSR count). The van der Waals surface area contributed by atoms with Crippen molar-refractivity contribution >= 4 is 29.5 Å². The number of ether oxygens (including phenoxy) is 1. The number of carbonyl (C=O) groups excluding carboxylic acids is 1. The normalized spacial score (nSPS) is 33.2. The summed E-state index contributed by atoms with van der Waals surface area (Å²) in [6.45, 7) is 7.41. The Morgan fingerprint density at radius 3 is 2.53 bits per heavy atom. The third kappa shape index (κ3) is 3.68. The van der Waals surface area contributed by atoms with Gasteiger partial charge >= 0.3 is 5.97 Å². The molecule has 0 amide bonds. The van der Waals surface area contributed by atoms with Crippen LogP contribution in [-0.4, -0.2) is 34.6 Å². The van der Waals surface area contributed by atoms with E-state index in [1.165, 1.54) is 0 Å². The maximum Gasteiger partial charge on any atom is 0.333 e. The van der Waals surface area contributed by atoms with E-state index in [0.29, 0.717) is 16.1 Å². The van der Waals surface area contributed by atoms with Gasteiger partial charge in [-0.1, -0.05) is 6.58 Å². The molecule has 0 aromatic heterocycles. The van der Waals surface area contributed by atoms with Crippen LogP contribution in [0.3, 0.4) is 0 Å². The van der Waals surface area contributed by atoms with Crippen LogP contribution in [0.1, 0.15) is 33.1 Å². The number of esters is 1. The van der Waals surface area contributed by atoms with Crippen molar-refractivity contribution in [2.75, 3.05) is 12.5 Å². The Morgan fingerprint density at radius 1 is 1.41 bits per heavy atom. The average Bonchev–Trinajstić information content (AvgIpc) is 2.29. The minimum atomic E-state index is -0.332.